The Labute approximate surface area is 123 Å². The smallest absolute Gasteiger partial charge is 0.353 e. The monoisotopic (exact) mass is 340 g/mol. The Hall–Kier alpha value is -2.02. The molecule has 0 spiro atoms. The molecule has 0 aliphatic carbocycles. The largest absolute Gasteiger partial charge is 0.504 e. The number of aromatic amines is 1. The zero-order valence-corrected chi connectivity index (χ0v) is 12.5. The first-order valence-electron chi connectivity index (χ1n) is 5.87. The van der Waals surface area contributed by atoms with E-state index >= 15 is 0 Å². The van der Waals surface area contributed by atoms with Gasteiger partial charge in [-0.3, -0.25) is 5.10 Å². The number of aromatic carboxylic acids is 1. The zero-order chi connectivity index (χ0) is 14.9. The minimum Gasteiger partial charge on any atom is -0.504 e. The molecule has 20 heavy (non-hydrogen) atoms. The summed E-state index contributed by atoms with van der Waals surface area (Å²) in [5.74, 6) is -0.877. The fraction of sp³-hybridized carbons (Fsp3) is 0.231. The number of nitrogens with zero attached hydrogens (tertiary/aromatic N) is 1. The van der Waals surface area contributed by atoms with Gasteiger partial charge in [0.15, 0.2) is 11.5 Å². The fourth-order valence-corrected chi connectivity index (χ4v) is 2.67. The number of carboxylic acid groups (broad SMARTS) is 1. The maximum absolute atomic E-state index is 10.9. The van der Waals surface area contributed by atoms with Crippen molar-refractivity contribution in [1.82, 2.24) is 10.2 Å². The summed E-state index contributed by atoms with van der Waals surface area (Å²) in [5, 5.41) is 25.5. The van der Waals surface area contributed by atoms with Crippen molar-refractivity contribution < 1.29 is 19.7 Å². The van der Waals surface area contributed by atoms with E-state index in [1.807, 2.05) is 6.92 Å². The number of hydrogen-bond acceptors (Lipinski definition) is 4. The summed E-state index contributed by atoms with van der Waals surface area (Å²) >= 11 is 3.42. The third kappa shape index (κ3) is 2.36. The van der Waals surface area contributed by atoms with Gasteiger partial charge in [-0.25, -0.2) is 4.79 Å². The summed E-state index contributed by atoms with van der Waals surface area (Å²) < 4.78 is 5.80. The predicted octanol–water partition coefficient (Wildman–Crippen LogP) is 2.81. The Morgan fingerprint density at radius 1 is 1.50 bits per heavy atom. The van der Waals surface area contributed by atoms with Crippen LogP contribution in [-0.4, -0.2) is 33.5 Å². The predicted molar refractivity (Wildman–Crippen MR) is 76.3 cm³/mol. The van der Waals surface area contributed by atoms with E-state index in [0.717, 1.165) is 12.0 Å². The molecule has 0 saturated carbocycles. The fourth-order valence-electron chi connectivity index (χ4n) is 1.88. The lowest BCUT2D eigenvalue weighted by atomic mass is 10.0. The molecule has 0 bridgehead atoms. The Morgan fingerprint density at radius 3 is 2.70 bits per heavy atom. The Balaban J connectivity index is 2.67. The summed E-state index contributed by atoms with van der Waals surface area (Å²) in [6.45, 7) is 1.97. The minimum atomic E-state index is -1.11. The Morgan fingerprint density at radius 2 is 2.20 bits per heavy atom. The molecular formula is C13H13BrN2O4. The molecule has 7 heteroatoms. The van der Waals surface area contributed by atoms with Crippen LogP contribution in [0.25, 0.3) is 11.3 Å². The Bertz CT molecular complexity index is 638. The number of hydrogen-bond donors (Lipinski definition) is 3. The van der Waals surface area contributed by atoms with Crippen LogP contribution in [0.5, 0.6) is 11.5 Å². The normalized spacial score (nSPS) is 10.6. The number of aromatic nitrogens is 2. The molecule has 0 aliphatic heterocycles. The van der Waals surface area contributed by atoms with Crippen molar-refractivity contribution in [3.05, 3.63) is 27.9 Å². The molecule has 106 valence electrons. The number of ether oxygens (including phenoxy) is 1. The van der Waals surface area contributed by atoms with Gasteiger partial charge < -0.3 is 14.9 Å². The number of benzene rings is 1. The molecule has 0 amide bonds. The van der Waals surface area contributed by atoms with Crippen LogP contribution in [-0.2, 0) is 6.42 Å². The van der Waals surface area contributed by atoms with E-state index in [-0.39, 0.29) is 11.4 Å². The van der Waals surface area contributed by atoms with Crippen molar-refractivity contribution >= 4 is 21.9 Å². The van der Waals surface area contributed by atoms with Crippen LogP contribution in [0, 0.1) is 0 Å². The second-order valence-electron chi connectivity index (χ2n) is 4.10. The number of phenols is 1. The van der Waals surface area contributed by atoms with Crippen molar-refractivity contribution in [2.75, 3.05) is 7.11 Å². The van der Waals surface area contributed by atoms with Crippen molar-refractivity contribution in [2.24, 2.45) is 0 Å². The number of aryl methyl sites for hydroxylation is 1. The van der Waals surface area contributed by atoms with E-state index in [2.05, 4.69) is 26.1 Å². The molecule has 0 fully saturated rings. The second kappa shape index (κ2) is 5.54. The third-order valence-corrected chi connectivity index (χ3v) is 3.85. The van der Waals surface area contributed by atoms with Gasteiger partial charge in [-0.1, -0.05) is 6.92 Å². The molecule has 1 aromatic carbocycles. The van der Waals surface area contributed by atoms with Gasteiger partial charge in [0.25, 0.3) is 0 Å². The van der Waals surface area contributed by atoms with E-state index in [4.69, 9.17) is 9.84 Å². The van der Waals surface area contributed by atoms with Crippen molar-refractivity contribution in [2.45, 2.75) is 13.3 Å². The standard InChI is InChI=1S/C13H13BrN2O4/c1-3-6-4-9(20-2)12(17)10(11(6)14)7-5-8(13(18)19)16-15-7/h4-5,17H,3H2,1-2H3,(H,15,16)(H,18,19). The molecule has 2 rings (SSSR count). The van der Waals surface area contributed by atoms with Gasteiger partial charge >= 0.3 is 5.97 Å². The van der Waals surface area contributed by atoms with E-state index in [1.54, 1.807) is 6.07 Å². The first-order chi connectivity index (χ1) is 9.49. The number of nitrogens with one attached hydrogen (secondary N) is 1. The molecule has 0 aliphatic rings. The number of phenolic OH excluding ortho intramolecular Hbond substituents is 1. The molecular weight excluding hydrogens is 328 g/mol. The lowest BCUT2D eigenvalue weighted by Gasteiger charge is -2.13. The van der Waals surface area contributed by atoms with E-state index in [0.29, 0.717) is 21.5 Å². The van der Waals surface area contributed by atoms with Crippen LogP contribution in [0.4, 0.5) is 0 Å². The zero-order valence-electron chi connectivity index (χ0n) is 10.9. The van der Waals surface area contributed by atoms with Gasteiger partial charge in [-0.15, -0.1) is 0 Å². The molecule has 0 saturated heterocycles. The maximum Gasteiger partial charge on any atom is 0.353 e. The van der Waals surface area contributed by atoms with E-state index in [1.165, 1.54) is 13.2 Å². The molecule has 3 N–H and O–H groups in total. The number of methoxy groups -OCH3 is 1. The Kier molecular flexibility index (Phi) is 3.99. The van der Waals surface area contributed by atoms with E-state index < -0.39 is 5.97 Å². The maximum atomic E-state index is 10.9. The first-order valence-corrected chi connectivity index (χ1v) is 6.66. The van der Waals surface area contributed by atoms with Crippen molar-refractivity contribution in [1.29, 1.82) is 0 Å². The summed E-state index contributed by atoms with van der Waals surface area (Å²) in [5.41, 5.74) is 1.62. The van der Waals surface area contributed by atoms with Crippen LogP contribution >= 0.6 is 15.9 Å². The second-order valence-corrected chi connectivity index (χ2v) is 4.89. The van der Waals surface area contributed by atoms with Gasteiger partial charge in [-0.05, 0) is 40.0 Å². The highest BCUT2D eigenvalue weighted by Crippen LogP contribution is 2.44. The molecule has 1 aromatic heterocycles. The lowest BCUT2D eigenvalue weighted by Crippen LogP contribution is -1.95. The number of aromatic hydroxyl groups is 1. The van der Waals surface area contributed by atoms with Crippen molar-refractivity contribution in [3.8, 4) is 22.8 Å². The number of carboxylic acids is 1. The number of rotatable bonds is 4. The van der Waals surface area contributed by atoms with Crippen LogP contribution in [0.3, 0.4) is 0 Å². The number of H-pyrrole nitrogens is 1. The van der Waals surface area contributed by atoms with E-state index in [9.17, 15) is 9.90 Å². The summed E-state index contributed by atoms with van der Waals surface area (Å²) in [7, 11) is 1.46. The van der Waals surface area contributed by atoms with Crippen LogP contribution in [0.2, 0.25) is 0 Å². The third-order valence-electron chi connectivity index (χ3n) is 2.94. The lowest BCUT2D eigenvalue weighted by molar-refractivity contribution is 0.0690. The average molecular weight is 341 g/mol. The van der Waals surface area contributed by atoms with Crippen molar-refractivity contribution in [3.63, 3.8) is 0 Å². The van der Waals surface area contributed by atoms with Crippen LogP contribution < -0.4 is 4.74 Å². The minimum absolute atomic E-state index is 0.0489. The quantitative estimate of drug-likeness (QED) is 0.795. The van der Waals surface area contributed by atoms with Gasteiger partial charge in [0.05, 0.1) is 18.4 Å². The first kappa shape index (κ1) is 14.4. The van der Waals surface area contributed by atoms with Crippen LogP contribution in [0.15, 0.2) is 16.6 Å². The molecule has 0 atom stereocenters. The molecule has 2 aromatic rings. The topological polar surface area (TPSA) is 95.4 Å². The van der Waals surface area contributed by atoms with Crippen LogP contribution in [0.1, 0.15) is 23.0 Å². The average Bonchev–Trinajstić information content (AvgIpc) is 2.89. The van der Waals surface area contributed by atoms with Gasteiger partial charge in [0.1, 0.15) is 5.69 Å². The summed E-state index contributed by atoms with van der Waals surface area (Å²) in [6.07, 6.45) is 0.723. The highest BCUT2D eigenvalue weighted by atomic mass is 79.9. The number of halogens is 1. The van der Waals surface area contributed by atoms with Gasteiger partial charge in [-0.2, -0.15) is 5.10 Å². The molecule has 0 radical (unpaired) electrons. The number of carbonyl (C=O) groups is 1. The summed E-state index contributed by atoms with van der Waals surface area (Å²) in [4.78, 5) is 10.9. The molecule has 6 nitrogen and oxygen atoms in total. The highest BCUT2D eigenvalue weighted by Gasteiger charge is 2.20. The van der Waals surface area contributed by atoms with Gasteiger partial charge in [0.2, 0.25) is 0 Å². The highest BCUT2D eigenvalue weighted by molar-refractivity contribution is 9.10. The summed E-state index contributed by atoms with van der Waals surface area (Å²) in [6, 6.07) is 3.09. The van der Waals surface area contributed by atoms with Gasteiger partial charge in [0, 0.05) is 4.47 Å². The molecule has 0 unspecified atom stereocenters. The molecule has 1 heterocycles. The SMILES string of the molecule is CCc1cc(OC)c(O)c(-c2cc(C(=O)O)[nH]n2)c1Br.